The van der Waals surface area contributed by atoms with E-state index in [1.54, 1.807) is 0 Å². The molecule has 0 aromatic carbocycles. The first-order valence-corrected chi connectivity index (χ1v) is 21.1. The van der Waals surface area contributed by atoms with Gasteiger partial charge in [0.25, 0.3) is 0 Å². The number of unbranched alkanes of at least 4 members (excludes halogenated alkanes) is 7. The fraction of sp³-hybridized carbons (Fsp3) is 1.00. The van der Waals surface area contributed by atoms with E-state index in [1.165, 1.54) is 64.5 Å². The van der Waals surface area contributed by atoms with Crippen molar-refractivity contribution in [1.29, 1.82) is 0 Å². The lowest BCUT2D eigenvalue weighted by Gasteiger charge is -2.43. The third kappa shape index (κ3) is 12.6. The zero-order valence-corrected chi connectivity index (χ0v) is 22.5. The summed E-state index contributed by atoms with van der Waals surface area (Å²) in [5, 5.41) is 0. The van der Waals surface area contributed by atoms with Crippen LogP contribution in [-0.2, 0) is 0 Å². The van der Waals surface area contributed by atoms with Crippen molar-refractivity contribution in [1.82, 2.24) is 8.80 Å². The summed E-state index contributed by atoms with van der Waals surface area (Å²) in [4.78, 5) is 0. The lowest BCUT2D eigenvalue weighted by atomic mass is 10.1. The van der Waals surface area contributed by atoms with Crippen molar-refractivity contribution in [2.45, 2.75) is 110 Å². The maximum atomic E-state index is 2.94. The third-order valence-electron chi connectivity index (χ3n) is 5.39. The van der Waals surface area contributed by atoms with Crippen LogP contribution >= 0.6 is 0 Å². The molecule has 0 aliphatic rings. The van der Waals surface area contributed by atoms with E-state index in [2.05, 4.69) is 74.8 Å². The molecule has 0 aliphatic heterocycles. The first-order valence-electron chi connectivity index (χ1n) is 10.8. The summed E-state index contributed by atoms with van der Waals surface area (Å²) in [6.45, 7) is 25.1. The van der Waals surface area contributed by atoms with Crippen LogP contribution in [0.1, 0.15) is 51.4 Å². The molecule has 0 saturated carbocycles. The normalized spacial score (nSPS) is 13.9. The van der Waals surface area contributed by atoms with Gasteiger partial charge in [-0.2, -0.15) is 0 Å². The van der Waals surface area contributed by atoms with Crippen LogP contribution in [-0.4, -0.2) is 53.6 Å². The van der Waals surface area contributed by atoms with Gasteiger partial charge >= 0.3 is 0 Å². The highest BCUT2D eigenvalue weighted by Crippen LogP contribution is 2.21. The second-order valence-corrected chi connectivity index (χ2v) is 26.2. The Morgan fingerprint density at radius 3 is 1.08 bits per heavy atom. The molecule has 0 spiro atoms. The van der Waals surface area contributed by atoms with Gasteiger partial charge in [0.15, 0.2) is 0 Å². The summed E-state index contributed by atoms with van der Waals surface area (Å²) >= 11 is 0. The maximum absolute atomic E-state index is 2.94. The summed E-state index contributed by atoms with van der Waals surface area (Å²) < 4.78 is 5.56. The lowest BCUT2D eigenvalue weighted by molar-refractivity contribution is 0.466. The molecule has 2 nitrogen and oxygen atoms in total. The van der Waals surface area contributed by atoms with Crippen molar-refractivity contribution in [3.8, 4) is 0 Å². The van der Waals surface area contributed by atoms with E-state index in [4.69, 9.17) is 0 Å². The summed E-state index contributed by atoms with van der Waals surface area (Å²) in [6, 6.07) is 0. The molecule has 152 valence electrons. The van der Waals surface area contributed by atoms with Gasteiger partial charge < -0.3 is 8.80 Å². The first-order chi connectivity index (χ1) is 11.3. The molecule has 0 unspecified atom stereocenters. The van der Waals surface area contributed by atoms with E-state index in [0.717, 1.165) is 0 Å². The maximum Gasteiger partial charge on any atom is 0.118 e. The van der Waals surface area contributed by atoms with E-state index in [1.807, 2.05) is 0 Å². The number of rotatable bonds is 14. The monoisotopic (exact) mass is 402 g/mol. The van der Waals surface area contributed by atoms with Gasteiger partial charge in [-0.25, -0.2) is 0 Å². The van der Waals surface area contributed by atoms with Gasteiger partial charge in [0.1, 0.15) is 24.7 Å². The summed E-state index contributed by atoms with van der Waals surface area (Å²) in [5.74, 6) is 0. The molecule has 0 bridgehead atoms. The van der Waals surface area contributed by atoms with Crippen molar-refractivity contribution in [2.75, 3.05) is 20.1 Å². The van der Waals surface area contributed by atoms with Crippen LogP contribution in [0.5, 0.6) is 0 Å². The molecule has 0 aliphatic carbocycles. The summed E-state index contributed by atoms with van der Waals surface area (Å²) in [6.07, 6.45) is 11.4. The van der Waals surface area contributed by atoms with Crippen LogP contribution in [0.4, 0.5) is 0 Å². The first kappa shape index (κ1) is 25.6. The molecule has 0 saturated heterocycles. The molecule has 0 N–H and O–H groups in total. The molecular weight excluding hydrogens is 352 g/mol. The number of hydrogen-bond donors (Lipinski definition) is 0. The molecule has 0 heterocycles. The summed E-state index contributed by atoms with van der Waals surface area (Å²) in [5.41, 5.74) is 0. The zero-order valence-electron chi connectivity index (χ0n) is 19.5. The van der Waals surface area contributed by atoms with Gasteiger partial charge in [0.05, 0.1) is 0 Å². The molecule has 0 radical (unpaired) electrons. The highest BCUT2D eigenvalue weighted by molar-refractivity contribution is 6.89. The van der Waals surface area contributed by atoms with Crippen LogP contribution in [0.2, 0.25) is 58.9 Å². The van der Waals surface area contributed by atoms with Crippen LogP contribution in [0.3, 0.4) is 0 Å². The molecule has 25 heavy (non-hydrogen) atoms. The van der Waals surface area contributed by atoms with E-state index < -0.39 is 24.7 Å². The van der Waals surface area contributed by atoms with Crippen molar-refractivity contribution in [3.63, 3.8) is 0 Å². The largest absolute Gasteiger partial charge is 0.346 e. The Hall–Kier alpha value is 0.571. The topological polar surface area (TPSA) is 6.48 Å². The van der Waals surface area contributed by atoms with Crippen molar-refractivity contribution in [2.24, 2.45) is 0 Å². The Morgan fingerprint density at radius 2 is 0.760 bits per heavy atom. The minimum absolute atomic E-state index is 1.05. The van der Waals surface area contributed by atoms with Crippen molar-refractivity contribution < 1.29 is 0 Å². The summed E-state index contributed by atoms with van der Waals surface area (Å²) in [7, 11) is -1.02. The highest BCUT2D eigenvalue weighted by atomic mass is 28.4. The Balaban J connectivity index is 3.68. The molecule has 0 atom stereocenters. The van der Waals surface area contributed by atoms with Gasteiger partial charge in [-0.3, -0.25) is 0 Å². The van der Waals surface area contributed by atoms with E-state index in [-0.39, 0.29) is 0 Å². The molecule has 0 fully saturated rings. The lowest BCUT2D eigenvalue weighted by Crippen LogP contribution is -2.59. The van der Waals surface area contributed by atoms with E-state index >= 15 is 0 Å². The smallest absolute Gasteiger partial charge is 0.118 e. The second kappa shape index (κ2) is 11.4. The molecule has 0 aromatic rings. The Kier molecular flexibility index (Phi) is 11.7. The molecule has 0 aromatic heterocycles. The van der Waals surface area contributed by atoms with Crippen molar-refractivity contribution in [3.05, 3.63) is 0 Å². The number of hydrogen-bond acceptors (Lipinski definition) is 2. The van der Waals surface area contributed by atoms with Crippen LogP contribution in [0.25, 0.3) is 0 Å². The Bertz CT molecular complexity index is 326. The minimum atomic E-state index is -1.14. The fourth-order valence-electron chi connectivity index (χ4n) is 3.69. The molecule has 5 heteroatoms. The van der Waals surface area contributed by atoms with E-state index in [0.29, 0.717) is 0 Å². The van der Waals surface area contributed by atoms with Gasteiger partial charge in [0, 0.05) is 0 Å². The van der Waals surface area contributed by atoms with Gasteiger partial charge in [-0.05, 0) is 33.0 Å². The Labute approximate surface area is 164 Å². The van der Waals surface area contributed by atoms with Crippen LogP contribution in [0.15, 0.2) is 0 Å². The predicted octanol–water partition coefficient (Wildman–Crippen LogP) is 6.85. The van der Waals surface area contributed by atoms with Crippen LogP contribution < -0.4 is 0 Å². The average Bonchev–Trinajstić information content (AvgIpc) is 2.40. The minimum Gasteiger partial charge on any atom is -0.346 e. The Morgan fingerprint density at radius 1 is 0.440 bits per heavy atom. The van der Waals surface area contributed by atoms with Crippen molar-refractivity contribution >= 4 is 24.7 Å². The zero-order chi connectivity index (χ0) is 19.7. The quantitative estimate of drug-likeness (QED) is 0.231. The molecule has 0 amide bonds. The number of nitrogens with zero attached hydrogens (tertiary/aromatic N) is 2. The SMILES string of the molecule is CN(CCCCCCCCCCN([Si](C)(C)C)[Si](C)(C)C)[Si](C)(C)C. The molecular formula is C20H50N2Si3. The van der Waals surface area contributed by atoms with Gasteiger partial charge in [0.2, 0.25) is 0 Å². The standard InChI is InChI=1S/C20H50N2Si3/c1-21(23(2,3)4)19-17-15-13-11-12-14-16-18-20-22(24(5,6)7)25(8,9)10/h11-20H2,1-10H3. The highest BCUT2D eigenvalue weighted by Gasteiger charge is 2.33. The average molecular weight is 403 g/mol. The second-order valence-electron chi connectivity index (χ2n) is 10.9. The third-order valence-corrected chi connectivity index (χ3v) is 15.6. The van der Waals surface area contributed by atoms with E-state index in [9.17, 15) is 0 Å². The fourth-order valence-corrected chi connectivity index (χ4v) is 14.2. The van der Waals surface area contributed by atoms with Gasteiger partial charge in [-0.15, -0.1) is 0 Å². The molecule has 0 rings (SSSR count). The van der Waals surface area contributed by atoms with Crippen LogP contribution in [0, 0.1) is 0 Å². The predicted molar refractivity (Wildman–Crippen MR) is 126 cm³/mol. The van der Waals surface area contributed by atoms with Gasteiger partial charge in [-0.1, -0.05) is 97.4 Å².